The standard InChI is InChI=1S/C15H21N5O/c1-5-16-13-17-14(19-15(18-13)21-4)20(3)10-12-9-7-6-8-11(12)2/h6-9H,5,10H2,1-4H3,(H,16,17,18,19). The second-order valence-corrected chi connectivity index (χ2v) is 4.76. The highest BCUT2D eigenvalue weighted by Gasteiger charge is 2.11. The van der Waals surface area contributed by atoms with Crippen LogP contribution in [0.25, 0.3) is 0 Å². The van der Waals surface area contributed by atoms with E-state index in [-0.39, 0.29) is 0 Å². The summed E-state index contributed by atoms with van der Waals surface area (Å²) < 4.78 is 5.14. The van der Waals surface area contributed by atoms with E-state index < -0.39 is 0 Å². The van der Waals surface area contributed by atoms with Crippen LogP contribution in [0.4, 0.5) is 11.9 Å². The maximum Gasteiger partial charge on any atom is 0.322 e. The molecule has 1 aromatic carbocycles. The van der Waals surface area contributed by atoms with Crippen LogP contribution < -0.4 is 15.0 Å². The maximum absolute atomic E-state index is 5.14. The van der Waals surface area contributed by atoms with Gasteiger partial charge >= 0.3 is 6.01 Å². The van der Waals surface area contributed by atoms with Crippen molar-refractivity contribution in [3.63, 3.8) is 0 Å². The summed E-state index contributed by atoms with van der Waals surface area (Å²) >= 11 is 0. The molecule has 0 aliphatic heterocycles. The molecule has 0 unspecified atom stereocenters. The lowest BCUT2D eigenvalue weighted by atomic mass is 10.1. The second-order valence-electron chi connectivity index (χ2n) is 4.76. The van der Waals surface area contributed by atoms with E-state index in [1.54, 1.807) is 7.11 Å². The molecule has 6 heteroatoms. The molecule has 0 fully saturated rings. The molecule has 0 aliphatic rings. The van der Waals surface area contributed by atoms with E-state index in [0.29, 0.717) is 17.9 Å². The highest BCUT2D eigenvalue weighted by molar-refractivity contribution is 5.39. The van der Waals surface area contributed by atoms with Crippen molar-refractivity contribution in [1.82, 2.24) is 15.0 Å². The minimum atomic E-state index is 0.313. The fourth-order valence-electron chi connectivity index (χ4n) is 1.96. The van der Waals surface area contributed by atoms with Crippen molar-refractivity contribution in [1.29, 1.82) is 0 Å². The summed E-state index contributed by atoms with van der Waals surface area (Å²) in [5, 5.41) is 3.08. The van der Waals surface area contributed by atoms with Crippen molar-refractivity contribution in [3.05, 3.63) is 35.4 Å². The first-order valence-electron chi connectivity index (χ1n) is 6.93. The van der Waals surface area contributed by atoms with Gasteiger partial charge in [0.15, 0.2) is 0 Å². The average Bonchev–Trinajstić information content (AvgIpc) is 2.49. The number of methoxy groups -OCH3 is 1. The van der Waals surface area contributed by atoms with Crippen molar-refractivity contribution in [2.75, 3.05) is 30.9 Å². The Balaban J connectivity index is 2.23. The number of aryl methyl sites for hydroxylation is 1. The van der Waals surface area contributed by atoms with Crippen LogP contribution in [-0.4, -0.2) is 35.7 Å². The second kappa shape index (κ2) is 6.88. The van der Waals surface area contributed by atoms with Crippen LogP contribution in [0.5, 0.6) is 6.01 Å². The fourth-order valence-corrected chi connectivity index (χ4v) is 1.96. The third kappa shape index (κ3) is 3.81. The van der Waals surface area contributed by atoms with Gasteiger partial charge < -0.3 is 15.0 Å². The molecule has 6 nitrogen and oxygen atoms in total. The van der Waals surface area contributed by atoms with Crippen LogP contribution in [0, 0.1) is 6.92 Å². The summed E-state index contributed by atoms with van der Waals surface area (Å²) in [6, 6.07) is 8.59. The molecule has 1 aromatic heterocycles. The fraction of sp³-hybridized carbons (Fsp3) is 0.400. The van der Waals surface area contributed by atoms with E-state index in [1.807, 2.05) is 31.0 Å². The number of nitrogens with zero attached hydrogens (tertiary/aromatic N) is 4. The lowest BCUT2D eigenvalue weighted by molar-refractivity contribution is 0.379. The van der Waals surface area contributed by atoms with E-state index in [0.717, 1.165) is 13.1 Å². The summed E-state index contributed by atoms with van der Waals surface area (Å²) in [6.45, 7) is 5.56. The van der Waals surface area contributed by atoms with Crippen LogP contribution in [0.2, 0.25) is 0 Å². The van der Waals surface area contributed by atoms with Crippen molar-refractivity contribution < 1.29 is 4.74 Å². The molecule has 1 heterocycles. The molecule has 2 rings (SSSR count). The predicted octanol–water partition coefficient (Wildman–Crippen LogP) is 2.26. The predicted molar refractivity (Wildman–Crippen MR) is 83.8 cm³/mol. The third-order valence-electron chi connectivity index (χ3n) is 3.13. The minimum absolute atomic E-state index is 0.313. The van der Waals surface area contributed by atoms with Gasteiger partial charge in [-0.15, -0.1) is 0 Å². The quantitative estimate of drug-likeness (QED) is 0.879. The van der Waals surface area contributed by atoms with Gasteiger partial charge in [0, 0.05) is 20.1 Å². The summed E-state index contributed by atoms with van der Waals surface area (Å²) in [7, 11) is 3.51. The van der Waals surface area contributed by atoms with Gasteiger partial charge in [0.25, 0.3) is 0 Å². The summed E-state index contributed by atoms with van der Waals surface area (Å²) in [6.07, 6.45) is 0. The van der Waals surface area contributed by atoms with Crippen molar-refractivity contribution >= 4 is 11.9 Å². The number of ether oxygens (including phenoxy) is 1. The molecule has 0 amide bonds. The lowest BCUT2D eigenvalue weighted by Gasteiger charge is -2.19. The van der Waals surface area contributed by atoms with Crippen molar-refractivity contribution in [2.24, 2.45) is 0 Å². The lowest BCUT2D eigenvalue weighted by Crippen LogP contribution is -2.21. The molecule has 0 aliphatic carbocycles. The first-order valence-corrected chi connectivity index (χ1v) is 6.93. The van der Waals surface area contributed by atoms with Crippen molar-refractivity contribution in [2.45, 2.75) is 20.4 Å². The van der Waals surface area contributed by atoms with Gasteiger partial charge in [0.1, 0.15) is 0 Å². The highest BCUT2D eigenvalue weighted by atomic mass is 16.5. The van der Waals surface area contributed by atoms with Gasteiger partial charge in [-0.25, -0.2) is 0 Å². The minimum Gasteiger partial charge on any atom is -0.467 e. The normalized spacial score (nSPS) is 10.3. The molecule has 0 saturated heterocycles. The molecule has 1 N–H and O–H groups in total. The number of nitrogens with one attached hydrogen (secondary N) is 1. The zero-order valence-electron chi connectivity index (χ0n) is 12.9. The SMILES string of the molecule is CCNc1nc(OC)nc(N(C)Cc2ccccc2C)n1. The van der Waals surface area contributed by atoms with Crippen LogP contribution in [0.3, 0.4) is 0 Å². The Labute approximate surface area is 125 Å². The summed E-state index contributed by atoms with van der Waals surface area (Å²) in [5.41, 5.74) is 2.49. The van der Waals surface area contributed by atoms with Gasteiger partial charge in [0.2, 0.25) is 11.9 Å². The summed E-state index contributed by atoms with van der Waals surface area (Å²) in [4.78, 5) is 14.9. The smallest absolute Gasteiger partial charge is 0.322 e. The number of benzene rings is 1. The van der Waals surface area contributed by atoms with Crippen LogP contribution in [-0.2, 0) is 6.54 Å². The molecular weight excluding hydrogens is 266 g/mol. The monoisotopic (exact) mass is 287 g/mol. The number of hydrogen-bond donors (Lipinski definition) is 1. The number of rotatable bonds is 6. The number of aromatic nitrogens is 3. The largest absolute Gasteiger partial charge is 0.467 e. The first-order chi connectivity index (χ1) is 10.1. The van der Waals surface area contributed by atoms with Crippen molar-refractivity contribution in [3.8, 4) is 6.01 Å². The topological polar surface area (TPSA) is 63.2 Å². The Bertz CT molecular complexity index is 602. The molecule has 0 radical (unpaired) electrons. The molecular formula is C15H21N5O. The Kier molecular flexibility index (Phi) is 4.92. The molecule has 0 bridgehead atoms. The average molecular weight is 287 g/mol. The third-order valence-corrected chi connectivity index (χ3v) is 3.13. The van der Waals surface area contributed by atoms with Crippen LogP contribution in [0.1, 0.15) is 18.1 Å². The first kappa shape index (κ1) is 15.0. The van der Waals surface area contributed by atoms with Gasteiger partial charge in [-0.2, -0.15) is 15.0 Å². The van der Waals surface area contributed by atoms with Crippen LogP contribution >= 0.6 is 0 Å². The Morgan fingerprint density at radius 2 is 1.95 bits per heavy atom. The van der Waals surface area contributed by atoms with Crippen LogP contribution in [0.15, 0.2) is 24.3 Å². The zero-order chi connectivity index (χ0) is 15.2. The zero-order valence-corrected chi connectivity index (χ0v) is 12.9. The van der Waals surface area contributed by atoms with Gasteiger partial charge in [-0.3, -0.25) is 0 Å². The van der Waals surface area contributed by atoms with Gasteiger partial charge in [-0.1, -0.05) is 24.3 Å². The van der Waals surface area contributed by atoms with Gasteiger partial charge in [0.05, 0.1) is 7.11 Å². The highest BCUT2D eigenvalue weighted by Crippen LogP contribution is 2.17. The molecule has 0 atom stereocenters. The van der Waals surface area contributed by atoms with Gasteiger partial charge in [-0.05, 0) is 25.0 Å². The van der Waals surface area contributed by atoms with E-state index in [4.69, 9.17) is 4.74 Å². The van der Waals surface area contributed by atoms with E-state index in [1.165, 1.54) is 11.1 Å². The molecule has 112 valence electrons. The summed E-state index contributed by atoms with van der Waals surface area (Å²) in [5.74, 6) is 1.11. The van der Waals surface area contributed by atoms with E-state index >= 15 is 0 Å². The maximum atomic E-state index is 5.14. The molecule has 2 aromatic rings. The number of anilines is 2. The Morgan fingerprint density at radius 3 is 2.62 bits per heavy atom. The van der Waals surface area contributed by atoms with E-state index in [9.17, 15) is 0 Å². The molecule has 0 saturated carbocycles. The number of hydrogen-bond acceptors (Lipinski definition) is 6. The Hall–Kier alpha value is -2.37. The Morgan fingerprint density at radius 1 is 1.19 bits per heavy atom. The van der Waals surface area contributed by atoms with E-state index in [2.05, 4.69) is 39.3 Å². The molecule has 21 heavy (non-hydrogen) atoms. The molecule has 0 spiro atoms.